The lowest BCUT2D eigenvalue weighted by Crippen LogP contribution is -2.49. The Hall–Kier alpha value is -1.43. The predicted molar refractivity (Wildman–Crippen MR) is 102 cm³/mol. The third-order valence-electron chi connectivity index (χ3n) is 4.69. The van der Waals surface area contributed by atoms with Gasteiger partial charge in [-0.3, -0.25) is 14.6 Å². The summed E-state index contributed by atoms with van der Waals surface area (Å²) >= 11 is 0. The van der Waals surface area contributed by atoms with Gasteiger partial charge in [0, 0.05) is 46.4 Å². The fraction of sp³-hybridized carbons (Fsp3) is 0.650. The standard InChI is InChI=1S/C20H33N3O2/c1-20(2,3)18-7-5-17(6-8-18)15-22-10-12-23(13-11-22)16-19(24)21-9-14-25-4/h5-8H,9-16H2,1-4H3,(H,21,24). The second kappa shape index (κ2) is 9.32. The minimum absolute atomic E-state index is 0.0864. The Morgan fingerprint density at radius 2 is 1.68 bits per heavy atom. The zero-order valence-electron chi connectivity index (χ0n) is 16.2. The van der Waals surface area contributed by atoms with Crippen molar-refractivity contribution in [2.45, 2.75) is 32.7 Å². The summed E-state index contributed by atoms with van der Waals surface area (Å²) in [7, 11) is 1.64. The molecule has 0 aliphatic carbocycles. The number of nitrogens with zero attached hydrogens (tertiary/aromatic N) is 2. The molecule has 140 valence electrons. The van der Waals surface area contributed by atoms with E-state index in [0.29, 0.717) is 19.7 Å². The largest absolute Gasteiger partial charge is 0.383 e. The quantitative estimate of drug-likeness (QED) is 0.765. The van der Waals surface area contributed by atoms with Crippen molar-refractivity contribution in [2.24, 2.45) is 0 Å². The zero-order chi connectivity index (χ0) is 18.3. The SMILES string of the molecule is COCCNC(=O)CN1CCN(Cc2ccc(C(C)(C)C)cc2)CC1. The molecule has 2 rings (SSSR count). The van der Waals surface area contributed by atoms with E-state index in [0.717, 1.165) is 32.7 Å². The molecular weight excluding hydrogens is 314 g/mol. The average molecular weight is 348 g/mol. The molecule has 1 fully saturated rings. The molecule has 1 saturated heterocycles. The Morgan fingerprint density at radius 1 is 1.08 bits per heavy atom. The summed E-state index contributed by atoms with van der Waals surface area (Å²) in [5, 5.41) is 2.88. The maximum atomic E-state index is 11.8. The summed E-state index contributed by atoms with van der Waals surface area (Å²) in [6.45, 7) is 13.2. The third-order valence-corrected chi connectivity index (χ3v) is 4.69. The first-order chi connectivity index (χ1) is 11.9. The van der Waals surface area contributed by atoms with Crippen molar-refractivity contribution in [2.75, 3.05) is 53.0 Å². The number of ether oxygens (including phenoxy) is 1. The van der Waals surface area contributed by atoms with Gasteiger partial charge < -0.3 is 10.1 Å². The summed E-state index contributed by atoms with van der Waals surface area (Å²) in [4.78, 5) is 16.5. The number of piperazine rings is 1. The molecule has 5 heteroatoms. The molecule has 0 spiro atoms. The molecule has 1 heterocycles. The Balaban J connectivity index is 1.72. The predicted octanol–water partition coefficient (Wildman–Crippen LogP) is 1.86. The van der Waals surface area contributed by atoms with Gasteiger partial charge in [-0.1, -0.05) is 45.0 Å². The van der Waals surface area contributed by atoms with Gasteiger partial charge >= 0.3 is 0 Å². The second-order valence-electron chi connectivity index (χ2n) is 7.84. The minimum Gasteiger partial charge on any atom is -0.383 e. The van der Waals surface area contributed by atoms with Crippen molar-refractivity contribution >= 4 is 5.91 Å². The van der Waals surface area contributed by atoms with Crippen molar-refractivity contribution in [1.82, 2.24) is 15.1 Å². The lowest BCUT2D eigenvalue weighted by Gasteiger charge is -2.34. The Labute approximate surface area is 152 Å². The van der Waals surface area contributed by atoms with E-state index in [4.69, 9.17) is 4.74 Å². The van der Waals surface area contributed by atoms with Crippen LogP contribution in [0.15, 0.2) is 24.3 Å². The molecular formula is C20H33N3O2. The lowest BCUT2D eigenvalue weighted by molar-refractivity contribution is -0.122. The third kappa shape index (κ3) is 6.77. The molecule has 5 nitrogen and oxygen atoms in total. The number of rotatable bonds is 7. The highest BCUT2D eigenvalue weighted by atomic mass is 16.5. The summed E-state index contributed by atoms with van der Waals surface area (Å²) in [5.41, 5.74) is 2.94. The van der Waals surface area contributed by atoms with Gasteiger partial charge in [0.2, 0.25) is 5.91 Å². The summed E-state index contributed by atoms with van der Waals surface area (Å²) in [6, 6.07) is 8.98. The van der Waals surface area contributed by atoms with Crippen LogP contribution < -0.4 is 5.32 Å². The molecule has 1 aliphatic rings. The fourth-order valence-electron chi connectivity index (χ4n) is 3.03. The topological polar surface area (TPSA) is 44.8 Å². The van der Waals surface area contributed by atoms with Crippen LogP contribution in [-0.2, 0) is 21.5 Å². The fourth-order valence-corrected chi connectivity index (χ4v) is 3.03. The van der Waals surface area contributed by atoms with Gasteiger partial charge in [0.25, 0.3) is 0 Å². The number of hydrogen-bond acceptors (Lipinski definition) is 4. The van der Waals surface area contributed by atoms with Gasteiger partial charge in [0.15, 0.2) is 0 Å². The number of amides is 1. The van der Waals surface area contributed by atoms with Crippen molar-refractivity contribution in [3.63, 3.8) is 0 Å². The van der Waals surface area contributed by atoms with Gasteiger partial charge in [0.1, 0.15) is 0 Å². The van der Waals surface area contributed by atoms with Crippen LogP contribution in [0, 0.1) is 0 Å². The first kappa shape index (κ1) is 19.9. The Morgan fingerprint density at radius 3 is 2.24 bits per heavy atom. The molecule has 0 saturated carbocycles. The molecule has 1 aromatic rings. The van der Waals surface area contributed by atoms with Crippen LogP contribution in [0.25, 0.3) is 0 Å². The smallest absolute Gasteiger partial charge is 0.234 e. The number of benzene rings is 1. The molecule has 1 aliphatic heterocycles. The van der Waals surface area contributed by atoms with Gasteiger partial charge in [-0.2, -0.15) is 0 Å². The number of methoxy groups -OCH3 is 1. The maximum absolute atomic E-state index is 11.8. The van der Waals surface area contributed by atoms with Crippen LogP contribution in [0.5, 0.6) is 0 Å². The van der Waals surface area contributed by atoms with E-state index in [1.54, 1.807) is 7.11 Å². The van der Waals surface area contributed by atoms with E-state index in [-0.39, 0.29) is 11.3 Å². The van der Waals surface area contributed by atoms with Gasteiger partial charge in [-0.15, -0.1) is 0 Å². The molecule has 0 unspecified atom stereocenters. The molecule has 0 bridgehead atoms. The molecule has 0 radical (unpaired) electrons. The van der Waals surface area contributed by atoms with E-state index in [2.05, 4.69) is 60.2 Å². The van der Waals surface area contributed by atoms with Crippen LogP contribution >= 0.6 is 0 Å². The molecule has 0 atom stereocenters. The molecule has 1 N–H and O–H groups in total. The van der Waals surface area contributed by atoms with E-state index >= 15 is 0 Å². The van der Waals surface area contributed by atoms with Crippen molar-refractivity contribution in [3.05, 3.63) is 35.4 Å². The highest BCUT2D eigenvalue weighted by molar-refractivity contribution is 5.78. The van der Waals surface area contributed by atoms with E-state index in [9.17, 15) is 4.79 Å². The lowest BCUT2D eigenvalue weighted by atomic mass is 9.87. The summed E-state index contributed by atoms with van der Waals surface area (Å²) in [6.07, 6.45) is 0. The monoisotopic (exact) mass is 347 g/mol. The van der Waals surface area contributed by atoms with E-state index in [1.807, 2.05) is 0 Å². The Bertz CT molecular complexity index is 529. The van der Waals surface area contributed by atoms with Gasteiger partial charge in [0.05, 0.1) is 13.2 Å². The number of nitrogens with one attached hydrogen (secondary N) is 1. The highest BCUT2D eigenvalue weighted by Gasteiger charge is 2.19. The summed E-state index contributed by atoms with van der Waals surface area (Å²) < 4.78 is 4.94. The van der Waals surface area contributed by atoms with Gasteiger partial charge in [-0.05, 0) is 16.5 Å². The van der Waals surface area contributed by atoms with Crippen molar-refractivity contribution in [3.8, 4) is 0 Å². The van der Waals surface area contributed by atoms with E-state index in [1.165, 1.54) is 11.1 Å². The molecule has 0 aromatic heterocycles. The average Bonchev–Trinajstić information content (AvgIpc) is 2.57. The zero-order valence-corrected chi connectivity index (χ0v) is 16.2. The molecule has 1 aromatic carbocycles. The van der Waals surface area contributed by atoms with Crippen LogP contribution in [0.4, 0.5) is 0 Å². The normalized spacial score (nSPS) is 16.8. The van der Waals surface area contributed by atoms with Crippen molar-refractivity contribution in [1.29, 1.82) is 0 Å². The molecule has 1 amide bonds. The van der Waals surface area contributed by atoms with Crippen LogP contribution in [0.2, 0.25) is 0 Å². The molecule has 25 heavy (non-hydrogen) atoms. The first-order valence-corrected chi connectivity index (χ1v) is 9.18. The first-order valence-electron chi connectivity index (χ1n) is 9.18. The van der Waals surface area contributed by atoms with Crippen molar-refractivity contribution < 1.29 is 9.53 Å². The highest BCUT2D eigenvalue weighted by Crippen LogP contribution is 2.22. The number of carbonyl (C=O) groups is 1. The van der Waals surface area contributed by atoms with Gasteiger partial charge in [-0.25, -0.2) is 0 Å². The van der Waals surface area contributed by atoms with Crippen LogP contribution in [0.1, 0.15) is 31.9 Å². The van der Waals surface area contributed by atoms with Crippen LogP contribution in [-0.4, -0.2) is 68.7 Å². The number of carbonyl (C=O) groups excluding carboxylic acids is 1. The van der Waals surface area contributed by atoms with Crippen LogP contribution in [0.3, 0.4) is 0 Å². The second-order valence-corrected chi connectivity index (χ2v) is 7.84. The maximum Gasteiger partial charge on any atom is 0.234 e. The minimum atomic E-state index is 0.0864. The van der Waals surface area contributed by atoms with E-state index < -0.39 is 0 Å². The summed E-state index contributed by atoms with van der Waals surface area (Å²) in [5.74, 6) is 0.0864. The number of hydrogen-bond donors (Lipinski definition) is 1. The Kier molecular flexibility index (Phi) is 7.41.